The molecule has 0 fully saturated rings. The smallest absolute Gasteiger partial charge is 0.243 e. The van der Waals surface area contributed by atoms with Crippen LogP contribution in [0.4, 0.5) is 0 Å². The van der Waals surface area contributed by atoms with Gasteiger partial charge in [0, 0.05) is 11.0 Å². The topological polar surface area (TPSA) is 66.5 Å². The summed E-state index contributed by atoms with van der Waals surface area (Å²) in [5.74, 6) is -0.336. The van der Waals surface area contributed by atoms with E-state index in [1.807, 2.05) is 31.2 Å². The number of sulfonamides is 1. The van der Waals surface area contributed by atoms with E-state index >= 15 is 0 Å². The van der Waals surface area contributed by atoms with Crippen LogP contribution in [-0.4, -0.2) is 31.7 Å². The van der Waals surface area contributed by atoms with Gasteiger partial charge in [-0.2, -0.15) is 4.31 Å². The molecule has 2 aromatic rings. The summed E-state index contributed by atoms with van der Waals surface area (Å²) in [5.41, 5.74) is 0.950. The minimum absolute atomic E-state index is 0.186. The SMILES string of the molecule is CCN(CC(=O)N[C@H](C)c1ccc(Br)cc1)S(=O)(=O)c1ccccc1. The number of amides is 1. The minimum atomic E-state index is -3.69. The van der Waals surface area contributed by atoms with Crippen molar-refractivity contribution < 1.29 is 13.2 Å². The molecule has 0 saturated heterocycles. The van der Waals surface area contributed by atoms with Gasteiger partial charge in [0.1, 0.15) is 0 Å². The molecule has 2 rings (SSSR count). The number of hydrogen-bond acceptors (Lipinski definition) is 3. The van der Waals surface area contributed by atoms with Gasteiger partial charge in [0.25, 0.3) is 0 Å². The molecule has 1 N–H and O–H groups in total. The van der Waals surface area contributed by atoms with Crippen LogP contribution < -0.4 is 5.32 Å². The van der Waals surface area contributed by atoms with Crippen LogP contribution in [0.25, 0.3) is 0 Å². The third-order valence-corrected chi connectivity index (χ3v) is 6.26. The fourth-order valence-corrected chi connectivity index (χ4v) is 4.08. The largest absolute Gasteiger partial charge is 0.348 e. The summed E-state index contributed by atoms with van der Waals surface area (Å²) in [6.07, 6.45) is 0. The van der Waals surface area contributed by atoms with E-state index in [4.69, 9.17) is 0 Å². The van der Waals surface area contributed by atoms with E-state index in [1.54, 1.807) is 25.1 Å². The summed E-state index contributed by atoms with van der Waals surface area (Å²) in [6.45, 7) is 3.58. The fourth-order valence-electron chi connectivity index (χ4n) is 2.39. The summed E-state index contributed by atoms with van der Waals surface area (Å²) < 4.78 is 27.4. The molecule has 7 heteroatoms. The molecule has 0 aromatic heterocycles. The molecule has 2 aromatic carbocycles. The summed E-state index contributed by atoms with van der Waals surface area (Å²) in [6, 6.07) is 15.5. The highest BCUT2D eigenvalue weighted by Crippen LogP contribution is 2.17. The first-order chi connectivity index (χ1) is 11.8. The maximum atomic E-state index is 12.6. The Labute approximate surface area is 157 Å². The van der Waals surface area contributed by atoms with E-state index in [2.05, 4.69) is 21.2 Å². The van der Waals surface area contributed by atoms with Gasteiger partial charge in [-0.1, -0.05) is 53.2 Å². The third-order valence-electron chi connectivity index (χ3n) is 3.80. The van der Waals surface area contributed by atoms with Crippen molar-refractivity contribution in [3.05, 3.63) is 64.6 Å². The summed E-state index contributed by atoms with van der Waals surface area (Å²) in [7, 11) is -3.69. The average molecular weight is 425 g/mol. The molecule has 0 radical (unpaired) electrons. The zero-order chi connectivity index (χ0) is 18.4. The lowest BCUT2D eigenvalue weighted by molar-refractivity contribution is -0.121. The van der Waals surface area contributed by atoms with E-state index in [9.17, 15) is 13.2 Å². The number of rotatable bonds is 7. The van der Waals surface area contributed by atoms with Crippen LogP contribution in [0.3, 0.4) is 0 Å². The van der Waals surface area contributed by atoms with Crippen LogP contribution in [-0.2, 0) is 14.8 Å². The second-order valence-corrected chi connectivity index (χ2v) is 8.44. The van der Waals surface area contributed by atoms with Crippen molar-refractivity contribution in [2.75, 3.05) is 13.1 Å². The highest BCUT2D eigenvalue weighted by Gasteiger charge is 2.25. The summed E-state index contributed by atoms with van der Waals surface area (Å²) >= 11 is 3.37. The lowest BCUT2D eigenvalue weighted by Crippen LogP contribution is -2.41. The van der Waals surface area contributed by atoms with Crippen LogP contribution in [0.2, 0.25) is 0 Å². The first-order valence-electron chi connectivity index (χ1n) is 7.94. The molecule has 0 spiro atoms. The molecule has 5 nitrogen and oxygen atoms in total. The molecular formula is C18H21BrN2O3S. The normalized spacial score (nSPS) is 12.8. The fraction of sp³-hybridized carbons (Fsp3) is 0.278. The van der Waals surface area contributed by atoms with Crippen molar-refractivity contribution in [3.8, 4) is 0 Å². The van der Waals surface area contributed by atoms with Gasteiger partial charge in [-0.25, -0.2) is 8.42 Å². The molecule has 0 bridgehead atoms. The van der Waals surface area contributed by atoms with Gasteiger partial charge < -0.3 is 5.32 Å². The number of benzene rings is 2. The van der Waals surface area contributed by atoms with Crippen LogP contribution in [0.5, 0.6) is 0 Å². The first-order valence-corrected chi connectivity index (χ1v) is 10.2. The Bertz CT molecular complexity index is 808. The number of carbonyl (C=O) groups is 1. The molecule has 1 atom stereocenters. The monoisotopic (exact) mass is 424 g/mol. The standard InChI is InChI=1S/C18H21BrN2O3S/c1-3-21(25(23,24)17-7-5-4-6-8-17)13-18(22)20-14(2)15-9-11-16(19)12-10-15/h4-12,14H,3,13H2,1-2H3,(H,20,22)/t14-/m1/s1. The highest BCUT2D eigenvalue weighted by atomic mass is 79.9. The zero-order valence-electron chi connectivity index (χ0n) is 14.1. The van der Waals surface area contributed by atoms with Gasteiger partial charge in [0.15, 0.2) is 0 Å². The van der Waals surface area contributed by atoms with Gasteiger partial charge in [-0.15, -0.1) is 0 Å². The molecule has 0 heterocycles. The zero-order valence-corrected chi connectivity index (χ0v) is 16.5. The Kier molecular flexibility index (Phi) is 6.75. The lowest BCUT2D eigenvalue weighted by Gasteiger charge is -2.21. The molecule has 0 saturated carbocycles. The van der Waals surface area contributed by atoms with Crippen LogP contribution in [0.1, 0.15) is 25.5 Å². The van der Waals surface area contributed by atoms with Crippen molar-refractivity contribution in [1.29, 1.82) is 0 Å². The molecular weight excluding hydrogens is 404 g/mol. The molecule has 0 unspecified atom stereocenters. The van der Waals surface area contributed by atoms with E-state index in [1.165, 1.54) is 16.4 Å². The molecule has 0 aliphatic carbocycles. The van der Waals surface area contributed by atoms with Gasteiger partial charge in [-0.3, -0.25) is 4.79 Å². The average Bonchev–Trinajstić information content (AvgIpc) is 2.60. The predicted octanol–water partition coefficient (Wildman–Crippen LogP) is 3.34. The maximum Gasteiger partial charge on any atom is 0.243 e. The number of hydrogen-bond donors (Lipinski definition) is 1. The van der Waals surface area contributed by atoms with Gasteiger partial charge >= 0.3 is 0 Å². The molecule has 1 amide bonds. The maximum absolute atomic E-state index is 12.6. The van der Waals surface area contributed by atoms with E-state index in [0.29, 0.717) is 0 Å². The van der Waals surface area contributed by atoms with Crippen LogP contribution >= 0.6 is 15.9 Å². The Morgan fingerprint density at radius 1 is 1.12 bits per heavy atom. The Morgan fingerprint density at radius 3 is 2.28 bits per heavy atom. The first kappa shape index (κ1) is 19.6. The second kappa shape index (κ2) is 8.60. The van der Waals surface area contributed by atoms with Gasteiger partial charge in [0.05, 0.1) is 17.5 Å². The van der Waals surface area contributed by atoms with Crippen molar-refractivity contribution >= 4 is 31.9 Å². The highest BCUT2D eigenvalue weighted by molar-refractivity contribution is 9.10. The minimum Gasteiger partial charge on any atom is -0.348 e. The molecule has 25 heavy (non-hydrogen) atoms. The summed E-state index contributed by atoms with van der Waals surface area (Å²) in [5, 5.41) is 2.84. The number of halogens is 1. The van der Waals surface area contributed by atoms with Crippen LogP contribution in [0, 0.1) is 0 Å². The van der Waals surface area contributed by atoms with Crippen molar-refractivity contribution in [2.45, 2.75) is 24.8 Å². The van der Waals surface area contributed by atoms with Gasteiger partial charge in [0.2, 0.25) is 15.9 Å². The molecule has 0 aliphatic rings. The predicted molar refractivity (Wildman–Crippen MR) is 102 cm³/mol. The third kappa shape index (κ3) is 5.14. The second-order valence-electron chi connectivity index (χ2n) is 5.59. The van der Waals surface area contributed by atoms with Gasteiger partial charge in [-0.05, 0) is 36.8 Å². The van der Waals surface area contributed by atoms with E-state index in [0.717, 1.165) is 10.0 Å². The van der Waals surface area contributed by atoms with Crippen molar-refractivity contribution in [3.63, 3.8) is 0 Å². The summed E-state index contributed by atoms with van der Waals surface area (Å²) in [4.78, 5) is 12.5. The molecule has 134 valence electrons. The van der Waals surface area contributed by atoms with Crippen molar-refractivity contribution in [1.82, 2.24) is 9.62 Å². The number of nitrogens with zero attached hydrogens (tertiary/aromatic N) is 1. The Morgan fingerprint density at radius 2 is 1.72 bits per heavy atom. The number of likely N-dealkylation sites (N-methyl/N-ethyl adjacent to an activating group) is 1. The Balaban J connectivity index is 2.06. The quantitative estimate of drug-likeness (QED) is 0.740. The lowest BCUT2D eigenvalue weighted by atomic mass is 10.1. The Hall–Kier alpha value is -1.70. The number of nitrogens with one attached hydrogen (secondary N) is 1. The molecule has 0 aliphatic heterocycles. The van der Waals surface area contributed by atoms with Crippen molar-refractivity contribution in [2.24, 2.45) is 0 Å². The van der Waals surface area contributed by atoms with E-state index in [-0.39, 0.29) is 29.9 Å². The van der Waals surface area contributed by atoms with E-state index < -0.39 is 10.0 Å². The van der Waals surface area contributed by atoms with Crippen LogP contribution in [0.15, 0.2) is 64.0 Å². The number of carbonyl (C=O) groups excluding carboxylic acids is 1.